The van der Waals surface area contributed by atoms with E-state index < -0.39 is 30.1 Å². The SMILES string of the molecule is COC(CNC(=O)C(NC(=O)OCC1c2ccccc2-c2ccccc21)C1CCC1)C(=O)O. The maximum Gasteiger partial charge on any atom is 0.407 e. The van der Waals surface area contributed by atoms with Crippen LogP contribution in [-0.2, 0) is 19.1 Å². The van der Waals surface area contributed by atoms with Crippen LogP contribution < -0.4 is 10.6 Å². The average Bonchev–Trinajstić information content (AvgIpc) is 3.10. The van der Waals surface area contributed by atoms with Gasteiger partial charge in [-0.2, -0.15) is 0 Å². The molecule has 2 aromatic carbocycles. The lowest BCUT2D eigenvalue weighted by atomic mass is 9.79. The van der Waals surface area contributed by atoms with Gasteiger partial charge in [0.1, 0.15) is 12.6 Å². The molecule has 2 unspecified atom stereocenters. The van der Waals surface area contributed by atoms with Gasteiger partial charge < -0.3 is 25.2 Å². The van der Waals surface area contributed by atoms with E-state index in [9.17, 15) is 14.4 Å². The molecule has 3 N–H and O–H groups in total. The van der Waals surface area contributed by atoms with Crippen molar-refractivity contribution < 1.29 is 29.0 Å². The van der Waals surface area contributed by atoms with Gasteiger partial charge in [-0.25, -0.2) is 9.59 Å². The number of rotatable bonds is 9. The fourth-order valence-electron chi connectivity index (χ4n) is 4.51. The van der Waals surface area contributed by atoms with Gasteiger partial charge in [0, 0.05) is 13.0 Å². The number of carboxylic acids is 1. The van der Waals surface area contributed by atoms with Gasteiger partial charge in [0.25, 0.3) is 0 Å². The van der Waals surface area contributed by atoms with Crippen LogP contribution in [0.3, 0.4) is 0 Å². The number of amides is 2. The van der Waals surface area contributed by atoms with E-state index in [1.54, 1.807) is 0 Å². The number of methoxy groups -OCH3 is 1. The Balaban J connectivity index is 1.38. The molecule has 4 rings (SSSR count). The summed E-state index contributed by atoms with van der Waals surface area (Å²) in [7, 11) is 1.27. The molecule has 0 saturated heterocycles. The predicted molar refractivity (Wildman–Crippen MR) is 121 cm³/mol. The average molecular weight is 453 g/mol. The molecule has 1 saturated carbocycles. The maximum atomic E-state index is 12.7. The van der Waals surface area contributed by atoms with Gasteiger partial charge in [-0.3, -0.25) is 4.79 Å². The summed E-state index contributed by atoms with van der Waals surface area (Å²) in [5.41, 5.74) is 4.50. The monoisotopic (exact) mass is 452 g/mol. The van der Waals surface area contributed by atoms with Crippen molar-refractivity contribution in [3.63, 3.8) is 0 Å². The van der Waals surface area contributed by atoms with E-state index in [1.165, 1.54) is 7.11 Å². The summed E-state index contributed by atoms with van der Waals surface area (Å²) in [6, 6.07) is 15.4. The van der Waals surface area contributed by atoms with E-state index in [4.69, 9.17) is 14.6 Å². The molecular weight excluding hydrogens is 424 g/mol. The minimum atomic E-state index is -1.16. The molecule has 0 spiro atoms. The zero-order valence-electron chi connectivity index (χ0n) is 18.5. The molecule has 1 fully saturated rings. The predicted octanol–water partition coefficient (Wildman–Crippen LogP) is 2.91. The van der Waals surface area contributed by atoms with Crippen LogP contribution in [0.25, 0.3) is 11.1 Å². The molecular formula is C25H28N2O6. The van der Waals surface area contributed by atoms with Crippen LogP contribution in [-0.4, -0.2) is 55.5 Å². The molecule has 33 heavy (non-hydrogen) atoms. The van der Waals surface area contributed by atoms with Gasteiger partial charge >= 0.3 is 12.1 Å². The van der Waals surface area contributed by atoms with Crippen molar-refractivity contribution in [2.24, 2.45) is 5.92 Å². The van der Waals surface area contributed by atoms with E-state index in [1.807, 2.05) is 36.4 Å². The van der Waals surface area contributed by atoms with Crippen LogP contribution in [0.4, 0.5) is 4.79 Å². The van der Waals surface area contributed by atoms with E-state index in [-0.39, 0.29) is 25.0 Å². The van der Waals surface area contributed by atoms with E-state index >= 15 is 0 Å². The zero-order valence-corrected chi connectivity index (χ0v) is 18.5. The Bertz CT molecular complexity index is 990. The number of alkyl carbamates (subject to hydrolysis) is 1. The number of benzene rings is 2. The van der Waals surface area contributed by atoms with E-state index in [2.05, 4.69) is 22.8 Å². The van der Waals surface area contributed by atoms with Gasteiger partial charge in [0.2, 0.25) is 5.91 Å². The minimum absolute atomic E-state index is 0.00342. The van der Waals surface area contributed by atoms with E-state index in [0.29, 0.717) is 0 Å². The van der Waals surface area contributed by atoms with Gasteiger partial charge in [-0.1, -0.05) is 55.0 Å². The van der Waals surface area contributed by atoms with Crippen molar-refractivity contribution >= 4 is 18.0 Å². The molecule has 0 aromatic heterocycles. The largest absolute Gasteiger partial charge is 0.479 e. The van der Waals surface area contributed by atoms with Crippen molar-refractivity contribution in [3.05, 3.63) is 59.7 Å². The summed E-state index contributed by atoms with van der Waals surface area (Å²) in [5.74, 6) is -1.67. The molecule has 0 radical (unpaired) electrons. The highest BCUT2D eigenvalue weighted by molar-refractivity contribution is 5.86. The minimum Gasteiger partial charge on any atom is -0.479 e. The third kappa shape index (κ3) is 4.85. The number of aliphatic carboxylic acids is 1. The first-order chi connectivity index (χ1) is 16.0. The first-order valence-corrected chi connectivity index (χ1v) is 11.1. The zero-order chi connectivity index (χ0) is 23.4. The Morgan fingerprint density at radius 1 is 1.03 bits per heavy atom. The Morgan fingerprint density at radius 2 is 1.64 bits per heavy atom. The highest BCUT2D eigenvalue weighted by atomic mass is 16.5. The van der Waals surface area contributed by atoms with Crippen molar-refractivity contribution in [3.8, 4) is 11.1 Å². The number of fused-ring (bicyclic) bond motifs is 3. The van der Waals surface area contributed by atoms with Crippen molar-refractivity contribution in [1.29, 1.82) is 0 Å². The fourth-order valence-corrected chi connectivity index (χ4v) is 4.51. The first kappa shape index (κ1) is 22.8. The molecule has 2 aliphatic rings. The number of hydrogen-bond donors (Lipinski definition) is 3. The standard InChI is InChI=1S/C25H28N2O6/c1-32-21(24(29)30)13-26-23(28)22(15-7-6-8-15)27-25(31)33-14-20-18-11-4-2-9-16(18)17-10-3-5-12-19(17)20/h2-5,9-12,15,20-22H,6-8,13-14H2,1H3,(H,26,28)(H,27,31)(H,29,30). The number of nitrogens with one attached hydrogen (secondary N) is 2. The summed E-state index contributed by atoms with van der Waals surface area (Å²) in [4.78, 5) is 36.5. The molecule has 0 bridgehead atoms. The molecule has 2 aromatic rings. The summed E-state index contributed by atoms with van der Waals surface area (Å²) in [6.07, 6.45) is 0.801. The van der Waals surface area contributed by atoms with Crippen molar-refractivity contribution in [2.45, 2.75) is 37.3 Å². The normalized spacial score (nSPS) is 16.6. The van der Waals surface area contributed by atoms with Gasteiger partial charge in [-0.15, -0.1) is 0 Å². The van der Waals surface area contributed by atoms with Crippen molar-refractivity contribution in [2.75, 3.05) is 20.3 Å². The molecule has 8 heteroatoms. The lowest BCUT2D eigenvalue weighted by Crippen LogP contribution is -2.54. The number of carbonyl (C=O) groups is 3. The first-order valence-electron chi connectivity index (χ1n) is 11.1. The van der Waals surface area contributed by atoms with Crippen LogP contribution in [0.15, 0.2) is 48.5 Å². The molecule has 2 atom stereocenters. The van der Waals surface area contributed by atoms with Gasteiger partial charge in [0.05, 0.1) is 6.54 Å². The second-order valence-electron chi connectivity index (χ2n) is 8.45. The Hall–Kier alpha value is -3.39. The second kappa shape index (κ2) is 10.0. The number of carboxylic acid groups (broad SMARTS) is 1. The van der Waals surface area contributed by atoms with Gasteiger partial charge in [0.15, 0.2) is 6.10 Å². The van der Waals surface area contributed by atoms with Crippen LogP contribution in [0.2, 0.25) is 0 Å². The number of carbonyl (C=O) groups excluding carboxylic acids is 2. The molecule has 2 amide bonds. The topological polar surface area (TPSA) is 114 Å². The molecule has 0 aliphatic heterocycles. The van der Waals surface area contributed by atoms with Crippen LogP contribution >= 0.6 is 0 Å². The van der Waals surface area contributed by atoms with E-state index in [0.717, 1.165) is 41.5 Å². The third-order valence-electron chi connectivity index (χ3n) is 6.54. The summed E-state index contributed by atoms with van der Waals surface area (Å²) in [5, 5.41) is 14.4. The Labute approximate surface area is 192 Å². The smallest absolute Gasteiger partial charge is 0.407 e. The van der Waals surface area contributed by atoms with Crippen LogP contribution in [0.5, 0.6) is 0 Å². The third-order valence-corrected chi connectivity index (χ3v) is 6.54. The highest BCUT2D eigenvalue weighted by Crippen LogP contribution is 2.44. The Kier molecular flexibility index (Phi) is 6.93. The maximum absolute atomic E-state index is 12.7. The van der Waals surface area contributed by atoms with Gasteiger partial charge in [-0.05, 0) is 41.0 Å². The number of ether oxygens (including phenoxy) is 2. The molecule has 8 nitrogen and oxygen atoms in total. The Morgan fingerprint density at radius 3 is 2.15 bits per heavy atom. The quantitative estimate of drug-likeness (QED) is 0.539. The summed E-state index contributed by atoms with van der Waals surface area (Å²) < 4.78 is 10.4. The summed E-state index contributed by atoms with van der Waals surface area (Å²) >= 11 is 0. The van der Waals surface area contributed by atoms with Crippen LogP contribution in [0, 0.1) is 5.92 Å². The molecule has 174 valence electrons. The fraction of sp³-hybridized carbons (Fsp3) is 0.400. The number of hydrogen-bond acceptors (Lipinski definition) is 5. The summed E-state index contributed by atoms with van der Waals surface area (Å²) in [6.45, 7) is -0.0239. The lowest BCUT2D eigenvalue weighted by Gasteiger charge is -2.33. The molecule has 2 aliphatic carbocycles. The van der Waals surface area contributed by atoms with Crippen LogP contribution in [0.1, 0.15) is 36.3 Å². The lowest BCUT2D eigenvalue weighted by molar-refractivity contribution is -0.148. The van der Waals surface area contributed by atoms with Crippen molar-refractivity contribution in [1.82, 2.24) is 10.6 Å². The second-order valence-corrected chi connectivity index (χ2v) is 8.45. The molecule has 0 heterocycles. The highest BCUT2D eigenvalue weighted by Gasteiger charge is 2.35.